The Hall–Kier alpha value is -2.60. The van der Waals surface area contributed by atoms with Crippen molar-refractivity contribution in [3.63, 3.8) is 0 Å². The van der Waals surface area contributed by atoms with E-state index in [1.807, 2.05) is 41.3 Å². The summed E-state index contributed by atoms with van der Waals surface area (Å²) in [6.45, 7) is 3.91. The first-order valence-corrected chi connectivity index (χ1v) is 8.47. The lowest BCUT2D eigenvalue weighted by Gasteiger charge is -2.32. The Morgan fingerprint density at radius 3 is 2.72 bits per heavy atom. The molecule has 132 valence electrons. The molecule has 6 nitrogen and oxygen atoms in total. The Morgan fingerprint density at radius 2 is 1.96 bits per heavy atom. The van der Waals surface area contributed by atoms with Crippen LogP contribution in [0.4, 0.5) is 5.69 Å². The van der Waals surface area contributed by atoms with Crippen molar-refractivity contribution in [2.75, 3.05) is 45.7 Å². The van der Waals surface area contributed by atoms with Gasteiger partial charge in [-0.25, -0.2) is 0 Å². The summed E-state index contributed by atoms with van der Waals surface area (Å²) in [5.74, 6) is 0.840. The molecule has 2 heterocycles. The number of likely N-dealkylation sites (N-methyl/N-ethyl adjacent to an activating group) is 1. The normalized spacial score (nSPS) is 15.0. The van der Waals surface area contributed by atoms with Crippen molar-refractivity contribution >= 4 is 11.6 Å². The van der Waals surface area contributed by atoms with Crippen LogP contribution in [0, 0.1) is 0 Å². The predicted octanol–water partition coefficient (Wildman–Crippen LogP) is 2.09. The average Bonchev–Trinajstić information content (AvgIpc) is 2.67. The third kappa shape index (κ3) is 4.28. The summed E-state index contributed by atoms with van der Waals surface area (Å²) in [7, 11) is 3.74. The smallest absolute Gasteiger partial charge is 0.272 e. The molecule has 1 aliphatic heterocycles. The van der Waals surface area contributed by atoms with Crippen molar-refractivity contribution in [1.82, 2.24) is 14.8 Å². The fourth-order valence-electron chi connectivity index (χ4n) is 2.88. The van der Waals surface area contributed by atoms with Gasteiger partial charge in [0.15, 0.2) is 0 Å². The maximum Gasteiger partial charge on any atom is 0.272 e. The quantitative estimate of drug-likeness (QED) is 0.903. The number of pyridine rings is 1. The molecule has 1 aromatic carbocycles. The number of carbonyl (C=O) groups excluding carboxylic acids is 1. The third-order valence-corrected chi connectivity index (χ3v) is 4.45. The first-order chi connectivity index (χ1) is 12.2. The second-order valence-electron chi connectivity index (χ2n) is 6.19. The fraction of sp³-hybridized carbons (Fsp3) is 0.368. The molecule has 0 saturated carbocycles. The zero-order chi connectivity index (χ0) is 17.6. The zero-order valence-electron chi connectivity index (χ0n) is 14.7. The molecule has 0 aliphatic carbocycles. The molecular weight excluding hydrogens is 316 g/mol. The van der Waals surface area contributed by atoms with Crippen LogP contribution >= 0.6 is 0 Å². The van der Waals surface area contributed by atoms with Crippen LogP contribution in [-0.4, -0.2) is 61.0 Å². The van der Waals surface area contributed by atoms with Crippen LogP contribution in [0.1, 0.15) is 16.1 Å². The highest BCUT2D eigenvalue weighted by Crippen LogP contribution is 2.19. The first-order valence-electron chi connectivity index (χ1n) is 8.47. The van der Waals surface area contributed by atoms with Crippen molar-refractivity contribution in [3.05, 3.63) is 53.9 Å². The van der Waals surface area contributed by atoms with Gasteiger partial charge in [-0.1, -0.05) is 18.2 Å². The van der Waals surface area contributed by atoms with E-state index < -0.39 is 0 Å². The second-order valence-corrected chi connectivity index (χ2v) is 6.19. The van der Waals surface area contributed by atoms with Crippen molar-refractivity contribution in [1.29, 1.82) is 0 Å². The summed E-state index contributed by atoms with van der Waals surface area (Å²) in [5.41, 5.74) is 2.42. The number of nitrogens with one attached hydrogen (secondary N) is 1. The monoisotopic (exact) mass is 340 g/mol. The van der Waals surface area contributed by atoms with Crippen molar-refractivity contribution in [2.24, 2.45) is 0 Å². The number of para-hydroxylation sites is 1. The maximum atomic E-state index is 12.6. The van der Waals surface area contributed by atoms with E-state index in [2.05, 4.69) is 22.2 Å². The number of hydrogen-bond donors (Lipinski definition) is 1. The van der Waals surface area contributed by atoms with E-state index in [9.17, 15) is 4.79 Å². The van der Waals surface area contributed by atoms with E-state index in [0.717, 1.165) is 43.2 Å². The summed E-state index contributed by atoms with van der Waals surface area (Å²) >= 11 is 0. The topological polar surface area (TPSA) is 57.7 Å². The summed E-state index contributed by atoms with van der Waals surface area (Å²) < 4.78 is 5.37. The fourth-order valence-corrected chi connectivity index (χ4v) is 2.88. The maximum absolute atomic E-state index is 12.6. The number of piperazine rings is 1. The minimum absolute atomic E-state index is 0.00552. The number of nitrogens with zero attached hydrogens (tertiary/aromatic N) is 3. The van der Waals surface area contributed by atoms with Crippen LogP contribution in [0.5, 0.6) is 5.75 Å². The molecular formula is C19H24N4O2. The van der Waals surface area contributed by atoms with Gasteiger partial charge in [0.05, 0.1) is 7.11 Å². The Kier molecular flexibility index (Phi) is 5.50. The standard InChI is InChI=1S/C19H24N4O2/c1-22-9-11-23(12-10-22)19(24)17-13-16(7-8-20-17)21-14-15-5-3-4-6-18(15)25-2/h3-8,13H,9-12,14H2,1-2H3,(H,20,21). The molecule has 0 radical (unpaired) electrons. The van der Waals surface area contributed by atoms with E-state index in [0.29, 0.717) is 12.2 Å². The lowest BCUT2D eigenvalue weighted by molar-refractivity contribution is 0.0658. The van der Waals surface area contributed by atoms with Gasteiger partial charge >= 0.3 is 0 Å². The lowest BCUT2D eigenvalue weighted by Crippen LogP contribution is -2.47. The van der Waals surface area contributed by atoms with Gasteiger partial charge in [0.25, 0.3) is 5.91 Å². The Labute approximate surface area is 148 Å². The molecule has 1 saturated heterocycles. The number of anilines is 1. The van der Waals surface area contributed by atoms with E-state index in [4.69, 9.17) is 4.74 Å². The van der Waals surface area contributed by atoms with Gasteiger partial charge in [0.2, 0.25) is 0 Å². The Balaban J connectivity index is 1.66. The van der Waals surface area contributed by atoms with Gasteiger partial charge in [0, 0.05) is 50.2 Å². The Morgan fingerprint density at radius 1 is 1.20 bits per heavy atom. The van der Waals surface area contributed by atoms with E-state index in [1.54, 1.807) is 13.3 Å². The van der Waals surface area contributed by atoms with Crippen molar-refractivity contribution in [3.8, 4) is 5.75 Å². The summed E-state index contributed by atoms with van der Waals surface area (Å²) in [5, 5.41) is 3.34. The number of rotatable bonds is 5. The highest BCUT2D eigenvalue weighted by Gasteiger charge is 2.21. The highest BCUT2D eigenvalue weighted by molar-refractivity contribution is 5.93. The first kappa shape index (κ1) is 17.2. The summed E-state index contributed by atoms with van der Waals surface area (Å²) in [6.07, 6.45) is 1.67. The molecule has 2 aromatic rings. The minimum atomic E-state index is -0.00552. The molecule has 1 aliphatic rings. The number of methoxy groups -OCH3 is 1. The SMILES string of the molecule is COc1ccccc1CNc1ccnc(C(=O)N2CCN(C)CC2)c1. The highest BCUT2D eigenvalue weighted by atomic mass is 16.5. The van der Waals surface area contributed by atoms with Crippen LogP contribution < -0.4 is 10.1 Å². The van der Waals surface area contributed by atoms with Gasteiger partial charge < -0.3 is 19.9 Å². The van der Waals surface area contributed by atoms with Gasteiger partial charge in [-0.05, 0) is 25.2 Å². The van der Waals surface area contributed by atoms with Gasteiger partial charge in [-0.2, -0.15) is 0 Å². The molecule has 0 unspecified atom stereocenters. The van der Waals surface area contributed by atoms with Crippen LogP contribution in [0.2, 0.25) is 0 Å². The van der Waals surface area contributed by atoms with Crippen molar-refractivity contribution in [2.45, 2.75) is 6.54 Å². The van der Waals surface area contributed by atoms with E-state index in [-0.39, 0.29) is 5.91 Å². The number of ether oxygens (including phenoxy) is 1. The minimum Gasteiger partial charge on any atom is -0.496 e. The van der Waals surface area contributed by atoms with Crippen LogP contribution in [0.15, 0.2) is 42.6 Å². The van der Waals surface area contributed by atoms with E-state index in [1.165, 1.54) is 0 Å². The van der Waals surface area contributed by atoms with Gasteiger partial charge in [0.1, 0.15) is 11.4 Å². The summed E-state index contributed by atoms with van der Waals surface area (Å²) in [4.78, 5) is 21.0. The number of hydrogen-bond acceptors (Lipinski definition) is 5. The second kappa shape index (κ2) is 7.98. The predicted molar refractivity (Wildman–Crippen MR) is 98.0 cm³/mol. The molecule has 1 fully saturated rings. The third-order valence-electron chi connectivity index (χ3n) is 4.45. The van der Waals surface area contributed by atoms with Crippen LogP contribution in [0.25, 0.3) is 0 Å². The number of benzene rings is 1. The largest absolute Gasteiger partial charge is 0.496 e. The van der Waals surface area contributed by atoms with Crippen LogP contribution in [0.3, 0.4) is 0 Å². The van der Waals surface area contributed by atoms with E-state index >= 15 is 0 Å². The lowest BCUT2D eigenvalue weighted by atomic mass is 10.2. The average molecular weight is 340 g/mol. The molecule has 6 heteroatoms. The van der Waals surface area contributed by atoms with Gasteiger partial charge in [-0.3, -0.25) is 9.78 Å². The molecule has 1 N–H and O–H groups in total. The molecule has 0 spiro atoms. The molecule has 1 aromatic heterocycles. The zero-order valence-corrected chi connectivity index (χ0v) is 14.7. The van der Waals surface area contributed by atoms with Crippen molar-refractivity contribution < 1.29 is 9.53 Å². The van der Waals surface area contributed by atoms with Gasteiger partial charge in [-0.15, -0.1) is 0 Å². The number of amides is 1. The molecule has 0 atom stereocenters. The Bertz CT molecular complexity index is 727. The molecule has 25 heavy (non-hydrogen) atoms. The molecule has 0 bridgehead atoms. The molecule has 3 rings (SSSR count). The number of carbonyl (C=O) groups is 1. The van der Waals surface area contributed by atoms with Crippen LogP contribution in [-0.2, 0) is 6.54 Å². The summed E-state index contributed by atoms with van der Waals surface area (Å²) in [6, 6.07) is 11.6. The number of aromatic nitrogens is 1. The molecule has 1 amide bonds.